The van der Waals surface area contributed by atoms with E-state index in [1.165, 1.54) is 4.72 Å². The second-order valence-corrected chi connectivity index (χ2v) is 5.40. The van der Waals surface area contributed by atoms with Crippen molar-refractivity contribution in [1.82, 2.24) is 4.72 Å². The molecule has 0 atom stereocenters. The van der Waals surface area contributed by atoms with Crippen LogP contribution in [0.3, 0.4) is 0 Å². The fraction of sp³-hybridized carbons (Fsp3) is 1.00. The lowest BCUT2D eigenvalue weighted by molar-refractivity contribution is -0.122. The average Bonchev–Trinajstić information content (AvgIpc) is 2.15. The molecule has 0 radical (unpaired) electrons. The summed E-state index contributed by atoms with van der Waals surface area (Å²) in [6, 6.07) is 0. The number of hydrogen-bond donors (Lipinski definition) is 1. The molecule has 0 spiro atoms. The summed E-state index contributed by atoms with van der Waals surface area (Å²) in [5.74, 6) is -4.50. The van der Waals surface area contributed by atoms with E-state index in [-0.39, 0.29) is 12.3 Å². The van der Waals surface area contributed by atoms with Gasteiger partial charge in [-0.3, -0.25) is 0 Å². The minimum absolute atomic E-state index is 0.194. The van der Waals surface area contributed by atoms with Crippen LogP contribution in [0, 0.1) is 0 Å². The molecule has 9 heteroatoms. The van der Waals surface area contributed by atoms with Crippen LogP contribution in [0.4, 0.5) is 17.6 Å². The highest BCUT2D eigenvalue weighted by molar-refractivity contribution is 7.89. The number of unbranched alkanes of at least 4 members (excludes halogenated alkanes) is 1. The molecule has 1 N–H and O–H groups in total. The van der Waals surface area contributed by atoms with E-state index in [0.29, 0.717) is 6.42 Å². The van der Waals surface area contributed by atoms with Crippen LogP contribution >= 0.6 is 11.6 Å². The molecule has 0 aromatic carbocycles. The van der Waals surface area contributed by atoms with E-state index < -0.39 is 34.7 Å². The molecule has 0 aliphatic carbocycles. The molecule has 0 aliphatic rings. The summed E-state index contributed by atoms with van der Waals surface area (Å²) < 4.78 is 71.6. The lowest BCUT2D eigenvalue weighted by atomic mass is 10.4. The molecule has 0 heterocycles. The fourth-order valence-corrected chi connectivity index (χ4v) is 2.07. The van der Waals surface area contributed by atoms with Gasteiger partial charge in [-0.15, -0.1) is 11.6 Å². The van der Waals surface area contributed by atoms with Crippen LogP contribution in [0.2, 0.25) is 0 Å². The molecule has 0 fully saturated rings. The molecule has 0 bridgehead atoms. The first-order chi connectivity index (χ1) is 7.21. The Hall–Kier alpha value is -0.0800. The van der Waals surface area contributed by atoms with Crippen molar-refractivity contribution < 1.29 is 26.0 Å². The van der Waals surface area contributed by atoms with Crippen molar-refractivity contribution in [3.8, 4) is 0 Å². The largest absolute Gasteiger partial charge is 0.320 e. The molecule has 0 aliphatic heterocycles. The van der Waals surface area contributed by atoms with Crippen LogP contribution in [0.5, 0.6) is 0 Å². The zero-order valence-corrected chi connectivity index (χ0v) is 9.80. The van der Waals surface area contributed by atoms with E-state index in [9.17, 15) is 26.0 Å². The van der Waals surface area contributed by atoms with Crippen LogP contribution < -0.4 is 4.72 Å². The SMILES string of the molecule is O=S(=O)(CCCCCl)NCC(F)(F)C(F)F. The van der Waals surface area contributed by atoms with Gasteiger partial charge in [0.25, 0.3) is 0 Å². The first-order valence-corrected chi connectivity index (χ1v) is 6.59. The van der Waals surface area contributed by atoms with Crippen LogP contribution in [-0.4, -0.2) is 38.9 Å². The molecular formula is C7H12ClF4NO2S. The summed E-state index contributed by atoms with van der Waals surface area (Å²) in [6.45, 7) is -1.59. The van der Waals surface area contributed by atoms with E-state index in [1.807, 2.05) is 0 Å². The predicted octanol–water partition coefficient (Wildman–Crippen LogP) is 1.83. The van der Waals surface area contributed by atoms with Gasteiger partial charge < -0.3 is 0 Å². The van der Waals surface area contributed by atoms with Gasteiger partial charge >= 0.3 is 12.3 Å². The van der Waals surface area contributed by atoms with Crippen LogP contribution in [0.1, 0.15) is 12.8 Å². The smallest absolute Gasteiger partial charge is 0.212 e. The van der Waals surface area contributed by atoms with Gasteiger partial charge in [-0.05, 0) is 12.8 Å². The van der Waals surface area contributed by atoms with Crippen molar-refractivity contribution in [2.24, 2.45) is 0 Å². The monoisotopic (exact) mass is 285 g/mol. The fourth-order valence-electron chi connectivity index (χ4n) is 0.742. The Morgan fingerprint density at radius 1 is 1.25 bits per heavy atom. The summed E-state index contributed by atoms with van der Waals surface area (Å²) in [7, 11) is -3.94. The molecule has 0 unspecified atom stereocenters. The molecule has 0 aromatic rings. The Bertz CT molecular complexity index is 297. The molecule has 0 rings (SSSR count). The van der Waals surface area contributed by atoms with Crippen LogP contribution in [0.25, 0.3) is 0 Å². The van der Waals surface area contributed by atoms with Gasteiger partial charge in [0.1, 0.15) is 0 Å². The Labute approximate surface area is 96.2 Å². The van der Waals surface area contributed by atoms with Gasteiger partial charge in [-0.2, -0.15) is 8.78 Å². The first kappa shape index (κ1) is 15.9. The number of halogens is 5. The first-order valence-electron chi connectivity index (χ1n) is 4.40. The Kier molecular flexibility index (Phi) is 6.57. The van der Waals surface area contributed by atoms with Crippen LogP contribution in [-0.2, 0) is 10.0 Å². The van der Waals surface area contributed by atoms with Crippen molar-refractivity contribution in [3.05, 3.63) is 0 Å². The minimum atomic E-state index is -4.35. The third kappa shape index (κ3) is 6.49. The summed E-state index contributed by atoms with van der Waals surface area (Å²) in [5.41, 5.74) is 0. The van der Waals surface area contributed by atoms with Crippen molar-refractivity contribution in [1.29, 1.82) is 0 Å². The highest BCUT2D eigenvalue weighted by atomic mass is 35.5. The lowest BCUT2D eigenvalue weighted by Crippen LogP contribution is -2.42. The van der Waals surface area contributed by atoms with Crippen molar-refractivity contribution in [3.63, 3.8) is 0 Å². The van der Waals surface area contributed by atoms with E-state index in [2.05, 4.69) is 0 Å². The predicted molar refractivity (Wildman–Crippen MR) is 52.7 cm³/mol. The number of sulfonamides is 1. The standard InChI is InChI=1S/C7H12ClF4NO2S/c8-3-1-2-4-16(14,15)13-5-7(11,12)6(9)10/h6,13H,1-5H2. The van der Waals surface area contributed by atoms with Gasteiger partial charge in [0.15, 0.2) is 0 Å². The van der Waals surface area contributed by atoms with Crippen molar-refractivity contribution in [2.75, 3.05) is 18.2 Å². The van der Waals surface area contributed by atoms with E-state index in [0.717, 1.165) is 0 Å². The maximum Gasteiger partial charge on any atom is 0.320 e. The minimum Gasteiger partial charge on any atom is -0.212 e. The highest BCUT2D eigenvalue weighted by Crippen LogP contribution is 2.21. The molecule has 0 saturated carbocycles. The summed E-state index contributed by atoms with van der Waals surface area (Å²) in [4.78, 5) is 0. The molecule has 0 amide bonds. The van der Waals surface area contributed by atoms with Gasteiger partial charge in [0, 0.05) is 5.88 Å². The number of alkyl halides is 5. The summed E-state index contributed by atoms with van der Waals surface area (Å²) in [5, 5.41) is 0. The number of rotatable bonds is 8. The van der Waals surface area contributed by atoms with Gasteiger partial charge in [0.2, 0.25) is 10.0 Å². The Morgan fingerprint density at radius 2 is 1.81 bits per heavy atom. The number of nitrogens with one attached hydrogen (secondary N) is 1. The molecular weight excluding hydrogens is 274 g/mol. The van der Waals surface area contributed by atoms with Gasteiger partial charge in [0.05, 0.1) is 12.3 Å². The number of hydrogen-bond acceptors (Lipinski definition) is 2. The molecule has 0 aromatic heterocycles. The second-order valence-electron chi connectivity index (χ2n) is 3.10. The second kappa shape index (κ2) is 6.61. The van der Waals surface area contributed by atoms with Crippen molar-refractivity contribution >= 4 is 21.6 Å². The zero-order chi connectivity index (χ0) is 12.8. The third-order valence-electron chi connectivity index (χ3n) is 1.64. The third-order valence-corrected chi connectivity index (χ3v) is 3.32. The van der Waals surface area contributed by atoms with Crippen molar-refractivity contribution in [2.45, 2.75) is 25.2 Å². The van der Waals surface area contributed by atoms with E-state index >= 15 is 0 Å². The maximum atomic E-state index is 12.4. The topological polar surface area (TPSA) is 46.2 Å². The summed E-state index contributed by atoms with van der Waals surface area (Å²) in [6.07, 6.45) is -3.29. The normalized spacial score (nSPS) is 13.4. The highest BCUT2D eigenvalue weighted by Gasteiger charge is 2.41. The van der Waals surface area contributed by atoms with E-state index in [1.54, 1.807) is 0 Å². The molecule has 98 valence electrons. The van der Waals surface area contributed by atoms with Gasteiger partial charge in [-0.1, -0.05) is 0 Å². The zero-order valence-electron chi connectivity index (χ0n) is 8.23. The van der Waals surface area contributed by atoms with Crippen LogP contribution in [0.15, 0.2) is 0 Å². The van der Waals surface area contributed by atoms with Gasteiger partial charge in [-0.25, -0.2) is 21.9 Å². The average molecular weight is 286 g/mol. The molecule has 16 heavy (non-hydrogen) atoms. The molecule has 0 saturated heterocycles. The van der Waals surface area contributed by atoms with E-state index in [4.69, 9.17) is 11.6 Å². The lowest BCUT2D eigenvalue weighted by Gasteiger charge is -2.15. The molecule has 3 nitrogen and oxygen atoms in total. The quantitative estimate of drug-likeness (QED) is 0.420. The Balaban J connectivity index is 4.09. The summed E-state index contributed by atoms with van der Waals surface area (Å²) >= 11 is 5.29. The maximum absolute atomic E-state index is 12.4. The Morgan fingerprint density at radius 3 is 2.25 bits per heavy atom.